The summed E-state index contributed by atoms with van der Waals surface area (Å²) in [7, 11) is -2.77. The monoisotopic (exact) mass is 261 g/mol. The van der Waals surface area contributed by atoms with Crippen LogP contribution in [0.1, 0.15) is 38.5 Å². The molecule has 2 fully saturated rings. The van der Waals surface area contributed by atoms with E-state index in [2.05, 4.69) is 5.32 Å². The maximum absolute atomic E-state index is 11.4. The molecule has 0 aliphatic carbocycles. The van der Waals surface area contributed by atoms with Crippen molar-refractivity contribution in [1.29, 1.82) is 0 Å². The zero-order valence-electron chi connectivity index (χ0n) is 10.4. The van der Waals surface area contributed by atoms with Gasteiger partial charge < -0.3 is 10.1 Å². The van der Waals surface area contributed by atoms with Crippen LogP contribution in [0.5, 0.6) is 0 Å². The minimum atomic E-state index is -2.77. The molecule has 2 atom stereocenters. The summed E-state index contributed by atoms with van der Waals surface area (Å²) in [5.41, 5.74) is 0. The van der Waals surface area contributed by atoms with Crippen molar-refractivity contribution in [2.45, 2.75) is 50.7 Å². The molecule has 0 amide bonds. The van der Waals surface area contributed by atoms with Crippen LogP contribution in [0, 0.1) is 0 Å². The van der Waals surface area contributed by atoms with Crippen LogP contribution in [0.2, 0.25) is 0 Å². The highest BCUT2D eigenvalue weighted by Gasteiger charge is 2.24. The number of hydrogen-bond donors (Lipinski definition) is 1. The molecule has 0 aromatic carbocycles. The predicted molar refractivity (Wildman–Crippen MR) is 67.9 cm³/mol. The van der Waals surface area contributed by atoms with Gasteiger partial charge in [0.05, 0.1) is 17.6 Å². The lowest BCUT2D eigenvalue weighted by Crippen LogP contribution is -2.40. The molecule has 0 spiro atoms. The molecule has 2 unspecified atom stereocenters. The average Bonchev–Trinajstić information content (AvgIpc) is 2.76. The quantitative estimate of drug-likeness (QED) is 0.753. The van der Waals surface area contributed by atoms with Crippen LogP contribution in [-0.2, 0) is 14.6 Å². The van der Waals surface area contributed by atoms with Gasteiger partial charge in [-0.15, -0.1) is 0 Å². The van der Waals surface area contributed by atoms with Crippen LogP contribution < -0.4 is 5.32 Å². The van der Waals surface area contributed by atoms with Gasteiger partial charge in [-0.3, -0.25) is 0 Å². The normalized spacial score (nSPS) is 32.7. The Morgan fingerprint density at radius 3 is 2.82 bits per heavy atom. The molecule has 0 bridgehead atoms. The van der Waals surface area contributed by atoms with Crippen LogP contribution in [0.15, 0.2) is 0 Å². The highest BCUT2D eigenvalue weighted by atomic mass is 32.2. The molecule has 0 aromatic heterocycles. The highest BCUT2D eigenvalue weighted by molar-refractivity contribution is 7.91. The maximum Gasteiger partial charge on any atom is 0.151 e. The van der Waals surface area contributed by atoms with Gasteiger partial charge in [0.2, 0.25) is 0 Å². The number of nitrogens with one attached hydrogen (secondary N) is 1. The van der Waals surface area contributed by atoms with E-state index < -0.39 is 9.84 Å². The van der Waals surface area contributed by atoms with E-state index in [0.29, 0.717) is 17.6 Å². The van der Waals surface area contributed by atoms with E-state index >= 15 is 0 Å². The summed E-state index contributed by atoms with van der Waals surface area (Å²) in [5.74, 6) is 0.702. The van der Waals surface area contributed by atoms with Gasteiger partial charge in [-0.1, -0.05) is 0 Å². The lowest BCUT2D eigenvalue weighted by Gasteiger charge is -2.23. The molecule has 2 aliphatic heterocycles. The Kier molecular flexibility index (Phi) is 4.82. The Bertz CT molecular complexity index is 323. The molecule has 2 heterocycles. The van der Waals surface area contributed by atoms with Crippen LogP contribution in [0.25, 0.3) is 0 Å². The van der Waals surface area contributed by atoms with E-state index in [4.69, 9.17) is 4.74 Å². The first-order valence-corrected chi connectivity index (χ1v) is 8.53. The third-order valence-corrected chi connectivity index (χ3v) is 5.44. The van der Waals surface area contributed by atoms with Gasteiger partial charge in [-0.2, -0.15) is 0 Å². The molecule has 2 aliphatic rings. The van der Waals surface area contributed by atoms with Crippen molar-refractivity contribution >= 4 is 9.84 Å². The number of sulfone groups is 1. The van der Waals surface area contributed by atoms with Crippen molar-refractivity contribution in [3.63, 3.8) is 0 Å². The van der Waals surface area contributed by atoms with Crippen LogP contribution in [-0.4, -0.2) is 45.2 Å². The van der Waals surface area contributed by atoms with E-state index in [-0.39, 0.29) is 6.04 Å². The summed E-state index contributed by atoms with van der Waals surface area (Å²) in [6.07, 6.45) is 6.84. The molecule has 4 nitrogen and oxygen atoms in total. The summed E-state index contributed by atoms with van der Waals surface area (Å²) >= 11 is 0. The molecule has 0 aromatic rings. The Hall–Kier alpha value is -0.130. The van der Waals surface area contributed by atoms with Gasteiger partial charge in [-0.25, -0.2) is 8.42 Å². The smallest absolute Gasteiger partial charge is 0.151 e. The highest BCUT2D eigenvalue weighted by Crippen LogP contribution is 2.17. The van der Waals surface area contributed by atoms with Gasteiger partial charge >= 0.3 is 0 Å². The zero-order chi connectivity index (χ0) is 12.1. The van der Waals surface area contributed by atoms with Gasteiger partial charge in [0.25, 0.3) is 0 Å². The summed E-state index contributed by atoms with van der Waals surface area (Å²) in [6, 6.07) is 0.179. The average molecular weight is 261 g/mol. The van der Waals surface area contributed by atoms with Crippen LogP contribution in [0.3, 0.4) is 0 Å². The predicted octanol–water partition coefficient (Wildman–Crippen LogP) is 1.11. The molecule has 100 valence electrons. The van der Waals surface area contributed by atoms with Crippen molar-refractivity contribution in [1.82, 2.24) is 5.32 Å². The molecule has 2 saturated heterocycles. The van der Waals surface area contributed by atoms with Crippen molar-refractivity contribution in [3.05, 3.63) is 0 Å². The third-order valence-electron chi connectivity index (χ3n) is 3.62. The van der Waals surface area contributed by atoms with Crippen LogP contribution in [0.4, 0.5) is 0 Å². The summed E-state index contributed by atoms with van der Waals surface area (Å²) in [4.78, 5) is 0. The minimum absolute atomic E-state index is 0.179. The molecular formula is C12H23NO3S. The molecule has 1 N–H and O–H groups in total. The van der Waals surface area contributed by atoms with E-state index in [1.807, 2.05) is 0 Å². The van der Waals surface area contributed by atoms with E-state index in [1.54, 1.807) is 0 Å². The van der Waals surface area contributed by atoms with Gasteiger partial charge in [0.15, 0.2) is 9.84 Å². The first-order chi connectivity index (χ1) is 8.16. The standard InChI is InChI=1S/C12H23NO3S/c14-17(15)9-3-4-11(10-17)13-7-1-5-12-6-2-8-16-12/h11-13H,1-10H2. The molecule has 0 saturated carbocycles. The molecule has 17 heavy (non-hydrogen) atoms. The Labute approximate surface area is 104 Å². The summed E-state index contributed by atoms with van der Waals surface area (Å²) in [6.45, 7) is 1.83. The van der Waals surface area contributed by atoms with Gasteiger partial charge in [0, 0.05) is 12.6 Å². The van der Waals surface area contributed by atoms with E-state index in [1.165, 1.54) is 12.8 Å². The van der Waals surface area contributed by atoms with E-state index in [0.717, 1.165) is 38.8 Å². The summed E-state index contributed by atoms with van der Waals surface area (Å²) < 4.78 is 28.4. The van der Waals surface area contributed by atoms with Crippen molar-refractivity contribution in [3.8, 4) is 0 Å². The number of hydrogen-bond acceptors (Lipinski definition) is 4. The third kappa shape index (κ3) is 4.56. The second-order valence-corrected chi connectivity index (χ2v) is 7.41. The van der Waals surface area contributed by atoms with Crippen LogP contribution >= 0.6 is 0 Å². The fraction of sp³-hybridized carbons (Fsp3) is 1.00. The first kappa shape index (κ1) is 13.3. The van der Waals surface area contributed by atoms with Crippen molar-refractivity contribution < 1.29 is 13.2 Å². The SMILES string of the molecule is O=S1(=O)CCCC(NCCCC2CCCO2)C1. The molecule has 5 heteroatoms. The zero-order valence-corrected chi connectivity index (χ0v) is 11.2. The molecule has 2 rings (SSSR count). The van der Waals surface area contributed by atoms with E-state index in [9.17, 15) is 8.42 Å². The first-order valence-electron chi connectivity index (χ1n) is 6.71. The number of rotatable bonds is 5. The topological polar surface area (TPSA) is 55.4 Å². The summed E-state index contributed by atoms with van der Waals surface area (Å²) in [5, 5.41) is 3.37. The fourth-order valence-electron chi connectivity index (χ4n) is 2.69. The van der Waals surface area contributed by atoms with Crippen molar-refractivity contribution in [2.24, 2.45) is 0 Å². The molecule has 0 radical (unpaired) electrons. The van der Waals surface area contributed by atoms with Gasteiger partial charge in [0.1, 0.15) is 0 Å². The minimum Gasteiger partial charge on any atom is -0.378 e. The van der Waals surface area contributed by atoms with Gasteiger partial charge in [-0.05, 0) is 45.1 Å². The Balaban J connectivity index is 1.58. The fourth-order valence-corrected chi connectivity index (χ4v) is 4.36. The lowest BCUT2D eigenvalue weighted by molar-refractivity contribution is 0.102. The number of ether oxygens (including phenoxy) is 1. The largest absolute Gasteiger partial charge is 0.378 e. The maximum atomic E-state index is 11.4. The second-order valence-electron chi connectivity index (χ2n) is 5.18. The second kappa shape index (κ2) is 6.16. The Morgan fingerprint density at radius 2 is 2.12 bits per heavy atom. The molecular weight excluding hydrogens is 238 g/mol. The van der Waals surface area contributed by atoms with Crippen molar-refractivity contribution in [2.75, 3.05) is 24.7 Å². The Morgan fingerprint density at radius 1 is 1.24 bits per heavy atom. The lowest BCUT2D eigenvalue weighted by atomic mass is 10.1.